The van der Waals surface area contributed by atoms with Crippen LogP contribution in [0.4, 0.5) is 5.82 Å². The van der Waals surface area contributed by atoms with Crippen molar-refractivity contribution in [2.24, 2.45) is 5.41 Å². The van der Waals surface area contributed by atoms with E-state index in [1.165, 1.54) is 37.1 Å². The van der Waals surface area contributed by atoms with Crippen LogP contribution >= 0.6 is 0 Å². The highest BCUT2D eigenvalue weighted by Gasteiger charge is 2.42. The minimum absolute atomic E-state index is 0.454. The van der Waals surface area contributed by atoms with Crippen molar-refractivity contribution < 1.29 is 0 Å². The second-order valence-electron chi connectivity index (χ2n) is 11.4. The predicted molar refractivity (Wildman–Crippen MR) is 161 cm³/mol. The van der Waals surface area contributed by atoms with Gasteiger partial charge in [0.25, 0.3) is 0 Å². The fourth-order valence-corrected chi connectivity index (χ4v) is 6.36. The smallest absolute Gasteiger partial charge is 0.165 e. The molecule has 5 heterocycles. The van der Waals surface area contributed by atoms with Gasteiger partial charge in [-0.3, -0.25) is 9.47 Å². The number of nitrogens with one attached hydrogen (secondary N) is 1. The van der Waals surface area contributed by atoms with Gasteiger partial charge in [0, 0.05) is 37.1 Å². The predicted octanol–water partition coefficient (Wildman–Crippen LogP) is 5.48. The van der Waals surface area contributed by atoms with E-state index in [4.69, 9.17) is 15.7 Å². The van der Waals surface area contributed by atoms with E-state index < -0.39 is 0 Å². The molecule has 0 bridgehead atoms. The monoisotopic (exact) mass is 529 g/mol. The number of piperidine rings is 1. The Kier molecular flexibility index (Phi) is 6.33. The van der Waals surface area contributed by atoms with Crippen molar-refractivity contribution in [1.29, 1.82) is 0 Å². The quantitative estimate of drug-likeness (QED) is 0.303. The van der Waals surface area contributed by atoms with Gasteiger partial charge in [-0.15, -0.1) is 0 Å². The summed E-state index contributed by atoms with van der Waals surface area (Å²) < 4.78 is 2.12. The highest BCUT2D eigenvalue weighted by Crippen LogP contribution is 2.39. The molecule has 7 nitrogen and oxygen atoms in total. The van der Waals surface area contributed by atoms with Crippen LogP contribution in [0.15, 0.2) is 79.0 Å². The molecule has 5 aromatic rings. The molecule has 2 aromatic carbocycles. The number of imidazole rings is 1. The fraction of sp³-hybridized carbons (Fsp3) is 0.303. The minimum Gasteiger partial charge on any atom is -0.383 e. The first-order valence-corrected chi connectivity index (χ1v) is 14.3. The molecule has 7 rings (SSSR count). The molecule has 3 aromatic heterocycles. The van der Waals surface area contributed by atoms with Gasteiger partial charge in [0.05, 0.1) is 11.3 Å². The number of fused-ring (bicyclic) bond motifs is 1. The van der Waals surface area contributed by atoms with Gasteiger partial charge in [-0.1, -0.05) is 43.3 Å². The summed E-state index contributed by atoms with van der Waals surface area (Å²) in [7, 11) is 0. The summed E-state index contributed by atoms with van der Waals surface area (Å²) in [6, 6.07) is 25.4. The van der Waals surface area contributed by atoms with Crippen LogP contribution in [-0.2, 0) is 13.0 Å². The maximum atomic E-state index is 6.34. The molecule has 7 heteroatoms. The lowest BCUT2D eigenvalue weighted by molar-refractivity contribution is -0.0282. The molecule has 202 valence electrons. The van der Waals surface area contributed by atoms with Crippen LogP contribution in [0.2, 0.25) is 0 Å². The van der Waals surface area contributed by atoms with Crippen molar-refractivity contribution in [3.05, 3.63) is 90.1 Å². The fourth-order valence-electron chi connectivity index (χ4n) is 6.36. The van der Waals surface area contributed by atoms with Crippen molar-refractivity contribution in [1.82, 2.24) is 29.7 Å². The van der Waals surface area contributed by atoms with E-state index in [-0.39, 0.29) is 0 Å². The number of likely N-dealkylation sites (tertiary alicyclic amines) is 1. The molecule has 40 heavy (non-hydrogen) atoms. The van der Waals surface area contributed by atoms with Gasteiger partial charge in [0.2, 0.25) is 0 Å². The number of rotatable bonds is 6. The molecule has 0 saturated carbocycles. The Labute approximate surface area is 235 Å². The Hall–Kier alpha value is -4.07. The SMILES string of the molecule is CCc1ccc(-c2ccc3nc(-c4cccnc4N)n(-c4ccc(CN5CC6(CCNCC6)C5)cc4)c3n2)cc1. The number of aryl methyl sites for hydroxylation is 1. The lowest BCUT2D eigenvalue weighted by atomic mass is 9.72. The normalized spacial score (nSPS) is 16.8. The first-order chi connectivity index (χ1) is 19.6. The molecule has 0 aliphatic carbocycles. The van der Waals surface area contributed by atoms with Crippen molar-refractivity contribution in [3.8, 4) is 28.3 Å². The summed E-state index contributed by atoms with van der Waals surface area (Å²) in [6.45, 7) is 7.88. The Balaban J connectivity index is 1.24. The molecule has 2 fully saturated rings. The molecule has 1 spiro atoms. The van der Waals surface area contributed by atoms with Crippen molar-refractivity contribution >= 4 is 17.0 Å². The Morgan fingerprint density at radius 2 is 1.62 bits per heavy atom. The lowest BCUT2D eigenvalue weighted by Crippen LogP contribution is -2.59. The van der Waals surface area contributed by atoms with E-state index in [2.05, 4.69) is 75.2 Å². The van der Waals surface area contributed by atoms with E-state index in [1.54, 1.807) is 6.20 Å². The molecule has 0 unspecified atom stereocenters. The average molecular weight is 530 g/mol. The molecule has 2 aliphatic heterocycles. The summed E-state index contributed by atoms with van der Waals surface area (Å²) in [6.07, 6.45) is 5.32. The van der Waals surface area contributed by atoms with Gasteiger partial charge in [-0.05, 0) is 85.3 Å². The number of benzene rings is 2. The molecular formula is C33H35N7. The Morgan fingerprint density at radius 3 is 2.35 bits per heavy atom. The first-order valence-electron chi connectivity index (χ1n) is 14.3. The summed E-state index contributed by atoms with van der Waals surface area (Å²) in [5.74, 6) is 1.20. The third kappa shape index (κ3) is 4.55. The minimum atomic E-state index is 0.454. The van der Waals surface area contributed by atoms with Gasteiger partial charge in [-0.25, -0.2) is 15.0 Å². The van der Waals surface area contributed by atoms with Crippen molar-refractivity contribution in [3.63, 3.8) is 0 Å². The van der Waals surface area contributed by atoms with Crippen LogP contribution in [0.3, 0.4) is 0 Å². The highest BCUT2D eigenvalue weighted by molar-refractivity contribution is 5.84. The van der Waals surface area contributed by atoms with Gasteiger partial charge in [0.15, 0.2) is 11.5 Å². The number of hydrogen-bond acceptors (Lipinski definition) is 6. The van der Waals surface area contributed by atoms with Crippen LogP contribution in [-0.4, -0.2) is 50.6 Å². The van der Waals surface area contributed by atoms with E-state index in [0.717, 1.165) is 65.6 Å². The maximum absolute atomic E-state index is 6.34. The van der Waals surface area contributed by atoms with Crippen LogP contribution in [0, 0.1) is 5.41 Å². The number of nitrogens with zero attached hydrogens (tertiary/aromatic N) is 5. The standard InChI is InChI=1S/C33H35N7/c1-2-23-5-9-25(10-6-23)28-13-14-29-32(37-28)40(31(38-29)27-4-3-17-36-30(27)34)26-11-7-24(8-12-26)20-39-21-33(22-39)15-18-35-19-16-33/h3-14,17,35H,2,15-16,18-22H2,1H3,(H2,34,36). The Morgan fingerprint density at radius 1 is 0.875 bits per heavy atom. The summed E-state index contributed by atoms with van der Waals surface area (Å²) in [4.78, 5) is 17.0. The molecule has 0 amide bonds. The molecule has 2 saturated heterocycles. The van der Waals surface area contributed by atoms with Gasteiger partial charge < -0.3 is 11.1 Å². The van der Waals surface area contributed by atoms with Crippen LogP contribution < -0.4 is 11.1 Å². The van der Waals surface area contributed by atoms with E-state index in [0.29, 0.717) is 11.2 Å². The van der Waals surface area contributed by atoms with Crippen LogP contribution in [0.25, 0.3) is 39.5 Å². The van der Waals surface area contributed by atoms with Gasteiger partial charge in [0.1, 0.15) is 11.3 Å². The molecule has 3 N–H and O–H groups in total. The third-order valence-electron chi connectivity index (χ3n) is 8.62. The largest absolute Gasteiger partial charge is 0.383 e. The zero-order valence-corrected chi connectivity index (χ0v) is 23.0. The number of pyridine rings is 2. The Bertz CT molecular complexity index is 1640. The maximum Gasteiger partial charge on any atom is 0.165 e. The topological polar surface area (TPSA) is 84.9 Å². The zero-order chi connectivity index (χ0) is 27.1. The second-order valence-corrected chi connectivity index (χ2v) is 11.4. The summed E-state index contributed by atoms with van der Waals surface area (Å²) in [5, 5.41) is 3.50. The lowest BCUT2D eigenvalue weighted by Gasteiger charge is -2.52. The van der Waals surface area contributed by atoms with E-state index >= 15 is 0 Å². The van der Waals surface area contributed by atoms with Crippen molar-refractivity contribution in [2.75, 3.05) is 31.9 Å². The number of nitrogen functional groups attached to an aromatic ring is 1. The summed E-state index contributed by atoms with van der Waals surface area (Å²) >= 11 is 0. The second kappa shape index (κ2) is 10.2. The van der Waals surface area contributed by atoms with E-state index in [1.807, 2.05) is 24.3 Å². The van der Waals surface area contributed by atoms with Crippen LogP contribution in [0.5, 0.6) is 0 Å². The zero-order valence-electron chi connectivity index (χ0n) is 23.0. The number of hydrogen-bond donors (Lipinski definition) is 2. The van der Waals surface area contributed by atoms with E-state index in [9.17, 15) is 0 Å². The number of anilines is 1. The highest BCUT2D eigenvalue weighted by atomic mass is 15.2. The van der Waals surface area contributed by atoms with Gasteiger partial charge >= 0.3 is 0 Å². The molecule has 0 atom stereocenters. The van der Waals surface area contributed by atoms with Crippen LogP contribution in [0.1, 0.15) is 30.9 Å². The van der Waals surface area contributed by atoms with Crippen molar-refractivity contribution in [2.45, 2.75) is 32.7 Å². The molecular weight excluding hydrogens is 494 g/mol. The molecule has 2 aliphatic rings. The summed E-state index contributed by atoms with van der Waals surface area (Å²) in [5.41, 5.74) is 15.0. The third-order valence-corrected chi connectivity index (χ3v) is 8.62. The van der Waals surface area contributed by atoms with Gasteiger partial charge in [-0.2, -0.15) is 0 Å². The average Bonchev–Trinajstić information content (AvgIpc) is 3.36. The first kappa shape index (κ1) is 24.9. The number of aromatic nitrogens is 4. The number of nitrogens with two attached hydrogens (primary N) is 1. The molecule has 0 radical (unpaired) electrons.